The largest absolute Gasteiger partial charge is 0.497 e. The van der Waals surface area contributed by atoms with Gasteiger partial charge < -0.3 is 14.7 Å². The molecule has 1 fully saturated rings. The zero-order chi connectivity index (χ0) is 26.4. The number of unbranched alkanes of at least 4 members (excludes halogenated alkanes) is 2. The van der Waals surface area contributed by atoms with Gasteiger partial charge in [-0.1, -0.05) is 57.0 Å². The second-order valence-corrected chi connectivity index (χ2v) is 10.6. The first-order valence-corrected chi connectivity index (χ1v) is 14.0. The number of nitrogens with zero attached hydrogens (tertiary/aromatic N) is 2. The number of aliphatic carboxylic acids is 1. The summed E-state index contributed by atoms with van der Waals surface area (Å²) in [6, 6.07) is 13.8. The molecule has 1 heterocycles. The number of likely N-dealkylation sites (tertiary alicyclic amines) is 1. The average Bonchev–Trinajstić information content (AvgIpc) is 3.53. The Balaban J connectivity index is 1.67. The smallest absolute Gasteiger partial charge is 0.309 e. The third-order valence-corrected chi connectivity index (χ3v) is 8.15. The van der Waals surface area contributed by atoms with Crippen LogP contribution in [-0.4, -0.2) is 60.1 Å². The molecule has 1 amide bonds. The molecule has 6 heteroatoms. The highest BCUT2D eigenvalue weighted by Gasteiger charge is 2.48. The van der Waals surface area contributed by atoms with Gasteiger partial charge in [-0.2, -0.15) is 0 Å². The molecule has 0 unspecified atom stereocenters. The summed E-state index contributed by atoms with van der Waals surface area (Å²) in [4.78, 5) is 30.5. The summed E-state index contributed by atoms with van der Waals surface area (Å²) in [7, 11) is 1.63. The number of amides is 1. The van der Waals surface area contributed by atoms with Crippen molar-refractivity contribution in [2.24, 2.45) is 5.92 Å². The molecular weight excluding hydrogens is 464 g/mol. The fourth-order valence-corrected chi connectivity index (χ4v) is 6.08. The second kappa shape index (κ2) is 12.6. The lowest BCUT2D eigenvalue weighted by Crippen LogP contribution is -2.42. The highest BCUT2D eigenvalue weighted by molar-refractivity contribution is 5.79. The highest BCUT2D eigenvalue weighted by atomic mass is 16.5. The van der Waals surface area contributed by atoms with E-state index >= 15 is 0 Å². The molecule has 6 nitrogen and oxygen atoms in total. The number of carbonyl (C=O) groups is 2. The van der Waals surface area contributed by atoms with Crippen molar-refractivity contribution in [1.82, 2.24) is 9.80 Å². The van der Waals surface area contributed by atoms with Crippen molar-refractivity contribution in [2.75, 3.05) is 33.3 Å². The van der Waals surface area contributed by atoms with Crippen LogP contribution in [0, 0.1) is 5.92 Å². The topological polar surface area (TPSA) is 70.1 Å². The first-order valence-electron chi connectivity index (χ1n) is 14.0. The molecule has 200 valence electrons. The van der Waals surface area contributed by atoms with Crippen LogP contribution in [0.3, 0.4) is 0 Å². The third kappa shape index (κ3) is 6.18. The maximum absolute atomic E-state index is 13.6. The molecule has 1 aliphatic carbocycles. The van der Waals surface area contributed by atoms with E-state index in [0.29, 0.717) is 6.54 Å². The SMILES string of the molecule is CCCCN(CCCC)C(=O)CN1C[C@H](c2ccc3c(c2)CCC3)[C@H](C(=O)O)[C@H]1c1ccc(OC)cc1. The number of ether oxygens (including phenoxy) is 1. The van der Waals surface area contributed by atoms with Gasteiger partial charge in [-0.3, -0.25) is 14.5 Å². The summed E-state index contributed by atoms with van der Waals surface area (Å²) >= 11 is 0. The van der Waals surface area contributed by atoms with Crippen molar-refractivity contribution in [3.8, 4) is 5.75 Å². The van der Waals surface area contributed by atoms with Crippen molar-refractivity contribution in [2.45, 2.75) is 70.8 Å². The van der Waals surface area contributed by atoms with E-state index in [-0.39, 0.29) is 24.4 Å². The predicted octanol–water partition coefficient (Wildman–Crippen LogP) is 5.45. The molecule has 1 saturated heterocycles. The number of hydrogen-bond donors (Lipinski definition) is 1. The van der Waals surface area contributed by atoms with Crippen LogP contribution < -0.4 is 4.74 Å². The molecule has 0 radical (unpaired) electrons. The molecule has 2 aliphatic rings. The lowest BCUT2D eigenvalue weighted by molar-refractivity contribution is -0.144. The second-order valence-electron chi connectivity index (χ2n) is 10.6. The first kappa shape index (κ1) is 27.2. The predicted molar refractivity (Wildman–Crippen MR) is 146 cm³/mol. The number of hydrogen-bond acceptors (Lipinski definition) is 4. The van der Waals surface area contributed by atoms with Gasteiger partial charge in [0.15, 0.2) is 0 Å². The zero-order valence-electron chi connectivity index (χ0n) is 22.6. The Morgan fingerprint density at radius 1 is 0.973 bits per heavy atom. The van der Waals surface area contributed by atoms with Crippen LogP contribution in [0.15, 0.2) is 42.5 Å². The Kier molecular flexibility index (Phi) is 9.25. The van der Waals surface area contributed by atoms with Crippen LogP contribution in [0.4, 0.5) is 0 Å². The Morgan fingerprint density at radius 2 is 1.62 bits per heavy atom. The monoisotopic (exact) mass is 506 g/mol. The minimum absolute atomic E-state index is 0.0964. The van der Waals surface area contributed by atoms with Gasteiger partial charge in [-0.05, 0) is 66.5 Å². The number of methoxy groups -OCH3 is 1. The van der Waals surface area contributed by atoms with Gasteiger partial charge in [-0.25, -0.2) is 0 Å². The van der Waals surface area contributed by atoms with Crippen molar-refractivity contribution in [3.05, 3.63) is 64.7 Å². The van der Waals surface area contributed by atoms with Gasteiger partial charge in [-0.15, -0.1) is 0 Å². The minimum Gasteiger partial charge on any atom is -0.497 e. The van der Waals surface area contributed by atoms with Gasteiger partial charge in [0.1, 0.15) is 5.75 Å². The van der Waals surface area contributed by atoms with E-state index in [4.69, 9.17) is 4.74 Å². The molecule has 37 heavy (non-hydrogen) atoms. The number of carboxylic acids is 1. The van der Waals surface area contributed by atoms with Crippen molar-refractivity contribution in [1.29, 1.82) is 0 Å². The Hall–Kier alpha value is -2.86. The summed E-state index contributed by atoms with van der Waals surface area (Å²) in [6.45, 7) is 6.57. The molecule has 4 rings (SSSR count). The van der Waals surface area contributed by atoms with E-state index in [1.54, 1.807) is 7.11 Å². The summed E-state index contributed by atoms with van der Waals surface area (Å²) in [6.07, 6.45) is 7.35. The third-order valence-electron chi connectivity index (χ3n) is 8.15. The molecule has 2 aromatic rings. The normalized spacial score (nSPS) is 21.1. The quantitative estimate of drug-likeness (QED) is 0.414. The van der Waals surface area contributed by atoms with Crippen molar-refractivity contribution < 1.29 is 19.4 Å². The maximum atomic E-state index is 13.6. The van der Waals surface area contributed by atoms with Crippen LogP contribution in [0.1, 0.15) is 80.2 Å². The summed E-state index contributed by atoms with van der Waals surface area (Å²) in [5.41, 5.74) is 4.73. The summed E-state index contributed by atoms with van der Waals surface area (Å²) in [5, 5.41) is 10.5. The van der Waals surface area contributed by atoms with E-state index in [1.165, 1.54) is 11.1 Å². The standard InChI is InChI=1S/C31H42N2O4/c1-4-6-17-32(18-7-5-2)28(34)21-33-20-27(25-12-11-22-9-8-10-24(22)19-25)29(31(35)36)30(33)23-13-15-26(37-3)16-14-23/h11-16,19,27,29-30H,4-10,17-18,20-21H2,1-3H3,(H,35,36)/t27-,29+,30-/m1/s1. The van der Waals surface area contributed by atoms with Crippen LogP contribution in [-0.2, 0) is 22.4 Å². The number of aryl methyl sites for hydroxylation is 2. The Morgan fingerprint density at radius 3 is 2.24 bits per heavy atom. The number of carbonyl (C=O) groups excluding carboxylic acids is 1. The van der Waals surface area contributed by atoms with Crippen LogP contribution in [0.2, 0.25) is 0 Å². The van der Waals surface area contributed by atoms with Crippen molar-refractivity contribution in [3.63, 3.8) is 0 Å². The lowest BCUT2D eigenvalue weighted by Gasteiger charge is -2.30. The lowest BCUT2D eigenvalue weighted by atomic mass is 9.82. The number of carboxylic acid groups (broad SMARTS) is 1. The van der Waals surface area contributed by atoms with E-state index in [9.17, 15) is 14.7 Å². The van der Waals surface area contributed by atoms with E-state index in [2.05, 4.69) is 36.9 Å². The average molecular weight is 507 g/mol. The molecule has 1 aliphatic heterocycles. The molecular formula is C31H42N2O4. The first-order chi connectivity index (χ1) is 18.0. The fourth-order valence-electron chi connectivity index (χ4n) is 6.08. The molecule has 3 atom stereocenters. The van der Waals surface area contributed by atoms with E-state index < -0.39 is 11.9 Å². The molecule has 1 N–H and O–H groups in total. The number of fused-ring (bicyclic) bond motifs is 1. The molecule has 0 saturated carbocycles. The summed E-state index contributed by atoms with van der Waals surface area (Å²) < 4.78 is 5.35. The Bertz CT molecular complexity index is 1060. The molecule has 0 bridgehead atoms. The fraction of sp³-hybridized carbons (Fsp3) is 0.548. The highest BCUT2D eigenvalue weighted by Crippen LogP contribution is 2.46. The molecule has 0 aromatic heterocycles. The number of benzene rings is 2. The van der Waals surface area contributed by atoms with Gasteiger partial charge in [0, 0.05) is 31.6 Å². The van der Waals surface area contributed by atoms with E-state index in [1.807, 2.05) is 29.2 Å². The van der Waals surface area contributed by atoms with Gasteiger partial charge >= 0.3 is 5.97 Å². The van der Waals surface area contributed by atoms with Crippen LogP contribution in [0.25, 0.3) is 0 Å². The van der Waals surface area contributed by atoms with Gasteiger partial charge in [0.05, 0.1) is 19.6 Å². The minimum atomic E-state index is -0.810. The maximum Gasteiger partial charge on any atom is 0.309 e. The van der Waals surface area contributed by atoms with Gasteiger partial charge in [0.2, 0.25) is 5.91 Å². The molecule has 2 aromatic carbocycles. The summed E-state index contributed by atoms with van der Waals surface area (Å²) in [5.74, 6) is -0.797. The van der Waals surface area contributed by atoms with E-state index in [0.717, 1.165) is 74.9 Å². The van der Waals surface area contributed by atoms with Crippen molar-refractivity contribution >= 4 is 11.9 Å². The van der Waals surface area contributed by atoms with Crippen LogP contribution in [0.5, 0.6) is 5.75 Å². The molecule has 0 spiro atoms. The van der Waals surface area contributed by atoms with Gasteiger partial charge in [0.25, 0.3) is 0 Å². The van der Waals surface area contributed by atoms with Crippen LogP contribution >= 0.6 is 0 Å². The zero-order valence-corrected chi connectivity index (χ0v) is 22.6. The number of rotatable bonds is 12. The Labute approximate surface area is 221 Å².